The lowest BCUT2D eigenvalue weighted by atomic mass is 9.86. The van der Waals surface area contributed by atoms with E-state index in [1.54, 1.807) is 22.5 Å². The summed E-state index contributed by atoms with van der Waals surface area (Å²) in [5.74, 6) is 1.17. The van der Waals surface area contributed by atoms with Crippen molar-refractivity contribution in [2.45, 2.75) is 38.5 Å². The van der Waals surface area contributed by atoms with Crippen LogP contribution >= 0.6 is 11.6 Å². The molecule has 0 spiro atoms. The van der Waals surface area contributed by atoms with E-state index < -0.39 is 5.38 Å². The minimum Gasteiger partial charge on any atom is -0.338 e. The van der Waals surface area contributed by atoms with Crippen LogP contribution in [0.5, 0.6) is 0 Å². The van der Waals surface area contributed by atoms with Crippen LogP contribution in [-0.2, 0) is 10.2 Å². The van der Waals surface area contributed by atoms with Crippen molar-refractivity contribution < 1.29 is 4.79 Å². The second-order valence-electron chi connectivity index (χ2n) is 8.71. The van der Waals surface area contributed by atoms with Gasteiger partial charge in [-0.2, -0.15) is 9.50 Å². The second kappa shape index (κ2) is 7.87. The average Bonchev–Trinajstić information content (AvgIpc) is 3.17. The van der Waals surface area contributed by atoms with Crippen molar-refractivity contribution in [2.24, 2.45) is 0 Å². The number of alkyl halides is 1. The van der Waals surface area contributed by atoms with Crippen LogP contribution < -0.4 is 4.90 Å². The standard InChI is InChI=1S/C22H27ClN6O/c1-15(23)19(30)27-11-13-28(14-12-27)21-25-20-24-10-9-18(29(20)26-21)16-5-7-17(8-6-16)22(2,3)4/h5-10,15H,11-14H2,1-4H3. The third kappa shape index (κ3) is 3.99. The predicted molar refractivity (Wildman–Crippen MR) is 119 cm³/mol. The maximum atomic E-state index is 12.1. The summed E-state index contributed by atoms with van der Waals surface area (Å²) in [7, 11) is 0. The molecule has 1 amide bonds. The lowest BCUT2D eigenvalue weighted by Crippen LogP contribution is -2.50. The summed E-state index contributed by atoms with van der Waals surface area (Å²) in [4.78, 5) is 25.0. The van der Waals surface area contributed by atoms with Gasteiger partial charge in [0.1, 0.15) is 5.38 Å². The first-order valence-corrected chi connectivity index (χ1v) is 10.7. The third-order valence-electron chi connectivity index (χ3n) is 5.49. The normalized spacial score (nSPS) is 16.2. The van der Waals surface area contributed by atoms with Gasteiger partial charge >= 0.3 is 0 Å². The molecule has 8 heteroatoms. The van der Waals surface area contributed by atoms with Crippen molar-refractivity contribution in [3.05, 3.63) is 42.1 Å². The van der Waals surface area contributed by atoms with Crippen LogP contribution in [0.3, 0.4) is 0 Å². The molecule has 1 aliphatic rings. The van der Waals surface area contributed by atoms with Gasteiger partial charge in [-0.05, 0) is 24.0 Å². The molecule has 30 heavy (non-hydrogen) atoms. The number of hydrogen-bond acceptors (Lipinski definition) is 5. The van der Waals surface area contributed by atoms with E-state index in [4.69, 9.17) is 16.7 Å². The number of carbonyl (C=O) groups excluding carboxylic acids is 1. The van der Waals surface area contributed by atoms with Crippen molar-refractivity contribution >= 4 is 29.2 Å². The number of fused-ring (bicyclic) bond motifs is 1. The molecule has 3 heterocycles. The molecule has 1 atom stereocenters. The molecule has 0 radical (unpaired) electrons. The van der Waals surface area contributed by atoms with Crippen molar-refractivity contribution in [1.29, 1.82) is 0 Å². The zero-order valence-electron chi connectivity index (χ0n) is 17.8. The number of halogens is 1. The van der Waals surface area contributed by atoms with Crippen LogP contribution in [0.2, 0.25) is 0 Å². The molecule has 158 valence electrons. The summed E-state index contributed by atoms with van der Waals surface area (Å²) in [5.41, 5.74) is 3.41. The van der Waals surface area contributed by atoms with Gasteiger partial charge in [0, 0.05) is 37.9 Å². The number of piperazine rings is 1. The Morgan fingerprint density at radius 1 is 1.07 bits per heavy atom. The molecule has 1 fully saturated rings. The summed E-state index contributed by atoms with van der Waals surface area (Å²) in [6.45, 7) is 10.9. The number of nitrogens with zero attached hydrogens (tertiary/aromatic N) is 6. The zero-order chi connectivity index (χ0) is 21.5. The second-order valence-corrected chi connectivity index (χ2v) is 9.36. The fourth-order valence-electron chi connectivity index (χ4n) is 3.66. The first kappa shape index (κ1) is 20.6. The molecule has 0 saturated carbocycles. The minimum absolute atomic E-state index is 0.0260. The summed E-state index contributed by atoms with van der Waals surface area (Å²) >= 11 is 5.94. The van der Waals surface area contributed by atoms with E-state index in [1.807, 2.05) is 6.07 Å². The molecule has 0 N–H and O–H groups in total. The highest BCUT2D eigenvalue weighted by molar-refractivity contribution is 6.30. The number of hydrogen-bond donors (Lipinski definition) is 0. The van der Waals surface area contributed by atoms with Crippen LogP contribution in [0.15, 0.2) is 36.5 Å². The number of aromatic nitrogens is 4. The molecule has 1 aliphatic heterocycles. The number of amides is 1. The molecular formula is C22H27ClN6O. The molecular weight excluding hydrogens is 400 g/mol. The van der Waals surface area contributed by atoms with Crippen LogP contribution in [0, 0.1) is 0 Å². The predicted octanol–water partition coefficient (Wildman–Crippen LogP) is 3.36. The Morgan fingerprint density at radius 3 is 2.33 bits per heavy atom. The highest BCUT2D eigenvalue weighted by Gasteiger charge is 2.26. The van der Waals surface area contributed by atoms with Crippen LogP contribution in [0.1, 0.15) is 33.3 Å². The number of anilines is 1. The van der Waals surface area contributed by atoms with Gasteiger partial charge in [0.15, 0.2) is 0 Å². The largest absolute Gasteiger partial charge is 0.338 e. The third-order valence-corrected chi connectivity index (χ3v) is 5.68. The van der Waals surface area contributed by atoms with Gasteiger partial charge in [0.2, 0.25) is 11.9 Å². The van der Waals surface area contributed by atoms with Gasteiger partial charge in [0.05, 0.1) is 5.69 Å². The monoisotopic (exact) mass is 426 g/mol. The Hall–Kier alpha value is -2.67. The van der Waals surface area contributed by atoms with Crippen LogP contribution in [0.4, 0.5) is 5.95 Å². The SMILES string of the molecule is CC(Cl)C(=O)N1CCN(c2nc3nccc(-c4ccc(C(C)(C)C)cc4)n3n2)CC1. The van der Waals surface area contributed by atoms with Gasteiger partial charge in [-0.1, -0.05) is 45.0 Å². The maximum absolute atomic E-state index is 12.1. The average molecular weight is 427 g/mol. The molecule has 1 aromatic carbocycles. The molecule has 7 nitrogen and oxygen atoms in total. The van der Waals surface area contributed by atoms with E-state index in [9.17, 15) is 4.79 Å². The Morgan fingerprint density at radius 2 is 1.73 bits per heavy atom. The van der Waals surface area contributed by atoms with E-state index in [-0.39, 0.29) is 11.3 Å². The summed E-state index contributed by atoms with van der Waals surface area (Å²) in [6.07, 6.45) is 1.76. The Labute approximate surface area is 181 Å². The van der Waals surface area contributed by atoms with Crippen LogP contribution in [-0.4, -0.2) is 61.9 Å². The van der Waals surface area contributed by atoms with Gasteiger partial charge < -0.3 is 9.80 Å². The topological polar surface area (TPSA) is 66.6 Å². The highest BCUT2D eigenvalue weighted by Crippen LogP contribution is 2.26. The van der Waals surface area contributed by atoms with E-state index >= 15 is 0 Å². The molecule has 0 aliphatic carbocycles. The van der Waals surface area contributed by atoms with Crippen LogP contribution in [0.25, 0.3) is 17.0 Å². The van der Waals surface area contributed by atoms with E-state index in [0.717, 1.165) is 11.3 Å². The van der Waals surface area contributed by atoms with Crippen molar-refractivity contribution in [1.82, 2.24) is 24.5 Å². The lowest BCUT2D eigenvalue weighted by Gasteiger charge is -2.34. The molecule has 0 bridgehead atoms. The lowest BCUT2D eigenvalue weighted by molar-refractivity contribution is -0.130. The maximum Gasteiger partial charge on any atom is 0.254 e. The summed E-state index contributed by atoms with van der Waals surface area (Å²) < 4.78 is 1.79. The smallest absolute Gasteiger partial charge is 0.254 e. The number of benzene rings is 1. The summed E-state index contributed by atoms with van der Waals surface area (Å²) in [6, 6.07) is 10.5. The van der Waals surface area contributed by atoms with Crippen molar-refractivity contribution in [3.63, 3.8) is 0 Å². The van der Waals surface area contributed by atoms with E-state index in [2.05, 4.69) is 59.9 Å². The first-order valence-electron chi connectivity index (χ1n) is 10.2. The van der Waals surface area contributed by atoms with Gasteiger partial charge in [-0.25, -0.2) is 4.98 Å². The molecule has 4 rings (SSSR count). The summed E-state index contributed by atoms with van der Waals surface area (Å²) in [5, 5.41) is 4.23. The van der Waals surface area contributed by atoms with Gasteiger partial charge in [0.25, 0.3) is 5.78 Å². The Balaban J connectivity index is 1.58. The van der Waals surface area contributed by atoms with Crippen molar-refractivity contribution in [3.8, 4) is 11.3 Å². The highest BCUT2D eigenvalue weighted by atomic mass is 35.5. The molecule has 3 aromatic rings. The fraction of sp³-hybridized carbons (Fsp3) is 0.455. The number of rotatable bonds is 3. The molecule has 1 saturated heterocycles. The molecule has 2 aromatic heterocycles. The van der Waals surface area contributed by atoms with Gasteiger partial charge in [-0.3, -0.25) is 4.79 Å². The first-order chi connectivity index (χ1) is 14.2. The quantitative estimate of drug-likeness (QED) is 0.601. The Bertz CT molecular complexity index is 1050. The fourth-order valence-corrected chi connectivity index (χ4v) is 3.79. The van der Waals surface area contributed by atoms with E-state index in [0.29, 0.717) is 37.9 Å². The van der Waals surface area contributed by atoms with Crippen molar-refractivity contribution in [2.75, 3.05) is 31.1 Å². The molecule has 1 unspecified atom stereocenters. The van der Waals surface area contributed by atoms with E-state index in [1.165, 1.54) is 5.56 Å². The zero-order valence-corrected chi connectivity index (χ0v) is 18.6. The van der Waals surface area contributed by atoms with Gasteiger partial charge in [-0.15, -0.1) is 16.7 Å². The Kier molecular flexibility index (Phi) is 5.40. The number of carbonyl (C=O) groups is 1. The minimum atomic E-state index is -0.499.